The number of benzene rings is 1. The summed E-state index contributed by atoms with van der Waals surface area (Å²) in [6, 6.07) is 3.75. The van der Waals surface area contributed by atoms with Crippen molar-refractivity contribution in [1.82, 2.24) is 4.57 Å². The molecule has 0 aliphatic heterocycles. The van der Waals surface area contributed by atoms with E-state index in [0.29, 0.717) is 5.52 Å². The number of fused-ring (bicyclic) bond motifs is 1. The van der Waals surface area contributed by atoms with Crippen LogP contribution in [0.15, 0.2) is 27.4 Å². The minimum absolute atomic E-state index is 0.0690. The van der Waals surface area contributed by atoms with Crippen molar-refractivity contribution < 1.29 is 22.0 Å². The molecule has 2 aromatic rings. The average molecular weight is 342 g/mol. The van der Waals surface area contributed by atoms with Crippen molar-refractivity contribution in [2.24, 2.45) is 7.05 Å². The Hall–Kier alpha value is -1.31. The molecule has 0 N–H and O–H groups in total. The molecular weight excluding hydrogens is 334 g/mol. The van der Waals surface area contributed by atoms with Crippen molar-refractivity contribution in [2.75, 3.05) is 0 Å². The molecule has 1 aromatic carbocycles. The molecule has 0 fully saturated rings. The molecule has 0 radical (unpaired) electrons. The van der Waals surface area contributed by atoms with Crippen LogP contribution in [0, 0.1) is 0 Å². The third kappa shape index (κ3) is 2.29. The largest absolute Gasteiger partial charge is 0.419 e. The average Bonchev–Trinajstić information content (AvgIpc) is 2.63. The summed E-state index contributed by atoms with van der Waals surface area (Å²) in [5.74, 6) is -4.87. The van der Waals surface area contributed by atoms with Crippen LogP contribution in [0.4, 0.5) is 17.6 Å². The highest BCUT2D eigenvalue weighted by Crippen LogP contribution is 2.43. The Labute approximate surface area is 112 Å². The summed E-state index contributed by atoms with van der Waals surface area (Å²) < 4.78 is 57.0. The Balaban J connectivity index is 2.50. The van der Waals surface area contributed by atoms with Crippen molar-refractivity contribution in [3.05, 3.63) is 34.3 Å². The van der Waals surface area contributed by atoms with E-state index in [-0.39, 0.29) is 11.1 Å². The molecule has 104 valence electrons. The van der Waals surface area contributed by atoms with E-state index >= 15 is 0 Å². The highest BCUT2D eigenvalue weighted by atomic mass is 79.9. The van der Waals surface area contributed by atoms with Gasteiger partial charge in [-0.3, -0.25) is 4.57 Å². The first-order valence-corrected chi connectivity index (χ1v) is 6.06. The molecule has 1 aromatic heterocycles. The normalized spacial score (nSPS) is 14.3. The Morgan fingerprint density at radius 1 is 1.37 bits per heavy atom. The molecule has 0 amide bonds. The van der Waals surface area contributed by atoms with E-state index in [0.717, 1.165) is 6.07 Å². The number of aromatic nitrogens is 1. The van der Waals surface area contributed by atoms with Crippen LogP contribution in [0.3, 0.4) is 0 Å². The fraction of sp³-hybridized carbons (Fsp3) is 0.364. The number of hydrogen-bond donors (Lipinski definition) is 0. The Morgan fingerprint density at radius 3 is 2.58 bits per heavy atom. The van der Waals surface area contributed by atoms with E-state index in [2.05, 4.69) is 15.9 Å². The van der Waals surface area contributed by atoms with E-state index in [1.165, 1.54) is 23.7 Å². The van der Waals surface area contributed by atoms with Crippen LogP contribution < -0.4 is 5.76 Å². The van der Waals surface area contributed by atoms with Gasteiger partial charge in [-0.2, -0.15) is 8.78 Å². The SMILES string of the molecule is Cn1c(=O)oc2cc(C(Br)C(F)(F)C(F)F)ccc21. The number of oxazole rings is 1. The number of rotatable bonds is 3. The lowest BCUT2D eigenvalue weighted by Gasteiger charge is -2.21. The van der Waals surface area contributed by atoms with Crippen molar-refractivity contribution in [3.8, 4) is 0 Å². The summed E-state index contributed by atoms with van der Waals surface area (Å²) in [5, 5.41) is 0. The van der Waals surface area contributed by atoms with E-state index in [1.807, 2.05) is 0 Å². The topological polar surface area (TPSA) is 35.1 Å². The van der Waals surface area contributed by atoms with E-state index < -0.39 is 22.9 Å². The van der Waals surface area contributed by atoms with Crippen molar-refractivity contribution in [3.63, 3.8) is 0 Å². The van der Waals surface area contributed by atoms with Gasteiger partial charge in [0, 0.05) is 7.05 Å². The number of hydrogen-bond acceptors (Lipinski definition) is 2. The van der Waals surface area contributed by atoms with E-state index in [1.54, 1.807) is 0 Å². The van der Waals surface area contributed by atoms with Gasteiger partial charge in [0.05, 0.1) is 5.52 Å². The molecule has 0 aliphatic carbocycles. The molecule has 0 spiro atoms. The van der Waals surface area contributed by atoms with Gasteiger partial charge in [-0.1, -0.05) is 22.0 Å². The Bertz CT molecular complexity index is 664. The van der Waals surface area contributed by atoms with Crippen molar-refractivity contribution >= 4 is 27.0 Å². The van der Waals surface area contributed by atoms with Gasteiger partial charge in [-0.15, -0.1) is 0 Å². The highest BCUT2D eigenvalue weighted by Gasteiger charge is 2.48. The summed E-state index contributed by atoms with van der Waals surface area (Å²) in [5.41, 5.74) is 0.375. The van der Waals surface area contributed by atoms with Gasteiger partial charge in [0.1, 0.15) is 4.83 Å². The Kier molecular flexibility index (Phi) is 3.46. The van der Waals surface area contributed by atoms with Crippen LogP contribution in [-0.2, 0) is 7.05 Å². The van der Waals surface area contributed by atoms with Gasteiger partial charge in [-0.25, -0.2) is 13.6 Å². The molecule has 0 saturated carbocycles. The second-order valence-corrected chi connectivity index (χ2v) is 4.91. The standard InChI is InChI=1S/C11H8BrF4NO2/c1-17-6-3-2-5(4-7(6)19-10(17)18)8(12)11(15,16)9(13)14/h2-4,8-9H,1H3. The number of aryl methyl sites for hydroxylation is 1. The summed E-state index contributed by atoms with van der Waals surface area (Å²) in [6.07, 6.45) is -3.80. The summed E-state index contributed by atoms with van der Waals surface area (Å²) in [6.45, 7) is 0. The second-order valence-electron chi connectivity index (χ2n) is 3.99. The maximum Gasteiger partial charge on any atom is 0.419 e. The van der Waals surface area contributed by atoms with Crippen LogP contribution in [0.1, 0.15) is 10.4 Å². The molecule has 1 atom stereocenters. The molecule has 8 heteroatoms. The smallest absolute Gasteiger partial charge is 0.408 e. The molecule has 19 heavy (non-hydrogen) atoms. The minimum Gasteiger partial charge on any atom is -0.408 e. The molecule has 1 unspecified atom stereocenters. The number of alkyl halides is 5. The number of nitrogens with zero attached hydrogens (tertiary/aromatic N) is 1. The van der Waals surface area contributed by atoms with Gasteiger partial charge in [0.2, 0.25) is 0 Å². The van der Waals surface area contributed by atoms with Crippen LogP contribution in [0.25, 0.3) is 11.1 Å². The molecule has 1 heterocycles. The van der Waals surface area contributed by atoms with E-state index in [4.69, 9.17) is 4.42 Å². The minimum atomic E-state index is -4.22. The third-order valence-corrected chi connectivity index (χ3v) is 3.88. The molecule has 0 aliphatic rings. The van der Waals surface area contributed by atoms with Crippen LogP contribution in [0.2, 0.25) is 0 Å². The summed E-state index contributed by atoms with van der Waals surface area (Å²) in [7, 11) is 1.45. The Morgan fingerprint density at radius 2 is 2.00 bits per heavy atom. The summed E-state index contributed by atoms with van der Waals surface area (Å²) in [4.78, 5) is 9.38. The molecule has 3 nitrogen and oxygen atoms in total. The maximum absolute atomic E-state index is 13.2. The van der Waals surface area contributed by atoms with Crippen LogP contribution in [0.5, 0.6) is 0 Å². The fourth-order valence-electron chi connectivity index (χ4n) is 1.64. The molecule has 2 rings (SSSR count). The lowest BCUT2D eigenvalue weighted by molar-refractivity contribution is -0.127. The van der Waals surface area contributed by atoms with Gasteiger partial charge in [-0.05, 0) is 17.7 Å². The number of halogens is 5. The monoisotopic (exact) mass is 341 g/mol. The molecule has 0 saturated heterocycles. The van der Waals surface area contributed by atoms with Crippen LogP contribution in [-0.4, -0.2) is 16.9 Å². The first kappa shape index (κ1) is 14.1. The quantitative estimate of drug-likeness (QED) is 0.633. The highest BCUT2D eigenvalue weighted by molar-refractivity contribution is 9.09. The second kappa shape index (κ2) is 4.66. The first-order valence-electron chi connectivity index (χ1n) is 5.14. The van der Waals surface area contributed by atoms with Gasteiger partial charge in [0.25, 0.3) is 0 Å². The summed E-state index contributed by atoms with van der Waals surface area (Å²) >= 11 is 2.56. The molecule has 0 bridgehead atoms. The zero-order valence-electron chi connectivity index (χ0n) is 9.54. The zero-order chi connectivity index (χ0) is 14.4. The fourth-order valence-corrected chi connectivity index (χ4v) is 2.13. The van der Waals surface area contributed by atoms with Gasteiger partial charge < -0.3 is 4.42 Å². The maximum atomic E-state index is 13.2. The lowest BCUT2D eigenvalue weighted by Crippen LogP contribution is -2.31. The van der Waals surface area contributed by atoms with Crippen molar-refractivity contribution in [2.45, 2.75) is 17.2 Å². The first-order chi connectivity index (χ1) is 8.75. The van der Waals surface area contributed by atoms with Gasteiger partial charge in [0.15, 0.2) is 5.58 Å². The predicted octanol–water partition coefficient (Wildman–Crippen LogP) is 3.47. The van der Waals surface area contributed by atoms with E-state index in [9.17, 15) is 22.4 Å². The van der Waals surface area contributed by atoms with Crippen LogP contribution >= 0.6 is 15.9 Å². The predicted molar refractivity (Wildman–Crippen MR) is 64.1 cm³/mol. The lowest BCUT2D eigenvalue weighted by atomic mass is 10.1. The molecular formula is C11H8BrF4NO2. The van der Waals surface area contributed by atoms with Gasteiger partial charge >= 0.3 is 18.1 Å². The van der Waals surface area contributed by atoms with Crippen molar-refractivity contribution in [1.29, 1.82) is 0 Å². The zero-order valence-corrected chi connectivity index (χ0v) is 11.1. The third-order valence-electron chi connectivity index (χ3n) is 2.74.